The van der Waals surface area contributed by atoms with Crippen LogP contribution in [0.4, 0.5) is 0 Å². The van der Waals surface area contributed by atoms with Gasteiger partial charge in [-0.05, 0) is 19.8 Å². The molecule has 12 heavy (non-hydrogen) atoms. The van der Waals surface area contributed by atoms with E-state index >= 15 is 0 Å². The van der Waals surface area contributed by atoms with Crippen molar-refractivity contribution in [3.8, 4) is 0 Å². The molecule has 1 saturated heterocycles. The van der Waals surface area contributed by atoms with Crippen LogP contribution >= 0.6 is 12.4 Å². The number of nitrogens with one attached hydrogen (secondary N) is 1. The summed E-state index contributed by atoms with van der Waals surface area (Å²) in [5.41, 5.74) is 0. The van der Waals surface area contributed by atoms with Crippen molar-refractivity contribution in [2.45, 2.75) is 31.8 Å². The van der Waals surface area contributed by atoms with Gasteiger partial charge in [0.15, 0.2) is 0 Å². The Morgan fingerprint density at radius 3 is 2.33 bits per heavy atom. The minimum Gasteiger partial charge on any atom is -0.347 e. The highest BCUT2D eigenvalue weighted by atomic mass is 35.5. The molecule has 0 aromatic rings. The summed E-state index contributed by atoms with van der Waals surface area (Å²) in [5.74, 6) is 0.203. The Morgan fingerprint density at radius 2 is 2.00 bits per heavy atom. The summed E-state index contributed by atoms with van der Waals surface area (Å²) < 4.78 is 0. The summed E-state index contributed by atoms with van der Waals surface area (Å²) in [6.07, 6.45) is 2.10. The fourth-order valence-electron chi connectivity index (χ4n) is 1.43. The van der Waals surface area contributed by atoms with Crippen LogP contribution in [-0.4, -0.2) is 37.0 Å². The molecule has 0 aromatic carbocycles. The number of rotatable bonds is 1. The van der Waals surface area contributed by atoms with E-state index in [4.69, 9.17) is 0 Å². The minimum absolute atomic E-state index is 0. The number of carbonyl (C=O) groups is 1. The molecule has 1 fully saturated rings. The number of halogens is 1. The van der Waals surface area contributed by atoms with Crippen LogP contribution in [0.2, 0.25) is 0 Å². The first-order chi connectivity index (χ1) is 5.11. The molecule has 0 aliphatic carbocycles. The van der Waals surface area contributed by atoms with Gasteiger partial charge in [-0.1, -0.05) is 0 Å². The number of hydrogen-bond donors (Lipinski definition) is 1. The third-order valence-electron chi connectivity index (χ3n) is 2.11. The van der Waals surface area contributed by atoms with Gasteiger partial charge in [0.25, 0.3) is 0 Å². The lowest BCUT2D eigenvalue weighted by molar-refractivity contribution is -0.130. The number of hydrogen-bond acceptors (Lipinski definition) is 2. The molecule has 2 atom stereocenters. The third-order valence-corrected chi connectivity index (χ3v) is 2.11. The smallest absolute Gasteiger partial charge is 0.239 e. The second-order valence-corrected chi connectivity index (χ2v) is 3.43. The van der Waals surface area contributed by atoms with Crippen molar-refractivity contribution in [2.75, 3.05) is 14.1 Å². The molecule has 0 aromatic heterocycles. The molecule has 0 radical (unpaired) electrons. The molecule has 0 spiro atoms. The van der Waals surface area contributed by atoms with Crippen LogP contribution in [0.5, 0.6) is 0 Å². The topological polar surface area (TPSA) is 32.3 Å². The second kappa shape index (κ2) is 4.67. The average Bonchev–Trinajstić information content (AvgIpc) is 2.34. The maximum absolute atomic E-state index is 11.4. The van der Waals surface area contributed by atoms with Gasteiger partial charge in [0.2, 0.25) is 5.91 Å². The molecule has 1 rings (SSSR count). The molecule has 3 nitrogen and oxygen atoms in total. The average molecular weight is 193 g/mol. The van der Waals surface area contributed by atoms with Crippen LogP contribution < -0.4 is 5.32 Å². The molecule has 1 heterocycles. The van der Waals surface area contributed by atoms with E-state index in [1.54, 1.807) is 19.0 Å². The largest absolute Gasteiger partial charge is 0.347 e. The fourth-order valence-corrected chi connectivity index (χ4v) is 1.43. The summed E-state index contributed by atoms with van der Waals surface area (Å²) in [4.78, 5) is 13.0. The van der Waals surface area contributed by atoms with Crippen LogP contribution in [0, 0.1) is 0 Å². The Kier molecular flexibility index (Phi) is 4.57. The van der Waals surface area contributed by atoms with Gasteiger partial charge in [-0.15, -0.1) is 12.4 Å². The van der Waals surface area contributed by atoms with Crippen molar-refractivity contribution in [2.24, 2.45) is 0 Å². The van der Waals surface area contributed by atoms with E-state index in [-0.39, 0.29) is 24.4 Å². The standard InChI is InChI=1S/C8H16N2O.ClH/c1-6-4-5-7(9-6)8(11)10(2)3;/h6-7,9H,4-5H2,1-3H3;1H/t6-,7-;/m0./s1. The first kappa shape index (κ1) is 11.7. The minimum atomic E-state index is 0. The van der Waals surface area contributed by atoms with Gasteiger partial charge < -0.3 is 10.2 Å². The lowest BCUT2D eigenvalue weighted by Gasteiger charge is -2.16. The number of amides is 1. The van der Waals surface area contributed by atoms with Gasteiger partial charge in [-0.3, -0.25) is 4.79 Å². The molecule has 0 saturated carbocycles. The summed E-state index contributed by atoms with van der Waals surface area (Å²) >= 11 is 0. The van der Waals surface area contributed by atoms with Gasteiger partial charge >= 0.3 is 0 Å². The monoisotopic (exact) mass is 192 g/mol. The maximum atomic E-state index is 11.4. The SMILES string of the molecule is C[C@H]1CC[C@@H](C(=O)N(C)C)N1.Cl. The van der Waals surface area contributed by atoms with E-state index in [0.717, 1.165) is 12.8 Å². The van der Waals surface area contributed by atoms with Crippen LogP contribution in [0.25, 0.3) is 0 Å². The highest BCUT2D eigenvalue weighted by Crippen LogP contribution is 2.12. The number of likely N-dealkylation sites (N-methyl/N-ethyl adjacent to an activating group) is 1. The first-order valence-electron chi connectivity index (χ1n) is 4.08. The van der Waals surface area contributed by atoms with Gasteiger partial charge in [0.05, 0.1) is 6.04 Å². The van der Waals surface area contributed by atoms with Crippen molar-refractivity contribution in [3.63, 3.8) is 0 Å². The molecular formula is C8H17ClN2O. The van der Waals surface area contributed by atoms with E-state index in [9.17, 15) is 4.79 Å². The summed E-state index contributed by atoms with van der Waals surface area (Å²) in [6, 6.07) is 0.573. The molecule has 4 heteroatoms. The van der Waals surface area contributed by atoms with Crippen LogP contribution in [-0.2, 0) is 4.79 Å². The molecule has 0 bridgehead atoms. The summed E-state index contributed by atoms with van der Waals surface area (Å²) in [6.45, 7) is 2.11. The Morgan fingerprint density at radius 1 is 1.42 bits per heavy atom. The van der Waals surface area contributed by atoms with Crippen LogP contribution in [0.1, 0.15) is 19.8 Å². The first-order valence-corrected chi connectivity index (χ1v) is 4.08. The zero-order valence-electron chi connectivity index (χ0n) is 7.83. The lowest BCUT2D eigenvalue weighted by Crippen LogP contribution is -2.41. The van der Waals surface area contributed by atoms with E-state index in [1.807, 2.05) is 0 Å². The quantitative estimate of drug-likeness (QED) is 0.662. The maximum Gasteiger partial charge on any atom is 0.239 e. The van der Waals surface area contributed by atoms with E-state index < -0.39 is 0 Å². The normalized spacial score (nSPS) is 27.9. The zero-order valence-corrected chi connectivity index (χ0v) is 8.65. The summed E-state index contributed by atoms with van der Waals surface area (Å²) in [5, 5.41) is 3.24. The van der Waals surface area contributed by atoms with Crippen LogP contribution in [0.15, 0.2) is 0 Å². The third kappa shape index (κ3) is 2.64. The van der Waals surface area contributed by atoms with Crippen molar-refractivity contribution in [1.82, 2.24) is 10.2 Å². The van der Waals surface area contributed by atoms with Gasteiger partial charge in [-0.25, -0.2) is 0 Å². The van der Waals surface area contributed by atoms with Gasteiger partial charge in [0, 0.05) is 20.1 Å². The molecule has 1 N–H and O–H groups in total. The van der Waals surface area contributed by atoms with Crippen molar-refractivity contribution in [3.05, 3.63) is 0 Å². The molecular weight excluding hydrogens is 176 g/mol. The number of nitrogens with zero attached hydrogens (tertiary/aromatic N) is 1. The molecule has 1 amide bonds. The van der Waals surface area contributed by atoms with Gasteiger partial charge in [-0.2, -0.15) is 0 Å². The summed E-state index contributed by atoms with van der Waals surface area (Å²) in [7, 11) is 3.60. The van der Waals surface area contributed by atoms with E-state index in [0.29, 0.717) is 6.04 Å². The van der Waals surface area contributed by atoms with Gasteiger partial charge in [0.1, 0.15) is 0 Å². The Hall–Kier alpha value is -0.280. The van der Waals surface area contributed by atoms with Crippen LogP contribution in [0.3, 0.4) is 0 Å². The molecule has 72 valence electrons. The fraction of sp³-hybridized carbons (Fsp3) is 0.875. The zero-order chi connectivity index (χ0) is 8.43. The Labute approximate surface area is 79.9 Å². The van der Waals surface area contributed by atoms with E-state index in [1.165, 1.54) is 0 Å². The second-order valence-electron chi connectivity index (χ2n) is 3.43. The predicted molar refractivity (Wildman–Crippen MR) is 51.6 cm³/mol. The Balaban J connectivity index is 0.00000121. The van der Waals surface area contributed by atoms with Crippen molar-refractivity contribution in [1.29, 1.82) is 0 Å². The number of carbonyl (C=O) groups excluding carboxylic acids is 1. The molecule has 1 aliphatic rings. The highest BCUT2D eigenvalue weighted by molar-refractivity contribution is 5.85. The highest BCUT2D eigenvalue weighted by Gasteiger charge is 2.27. The van der Waals surface area contributed by atoms with E-state index in [2.05, 4.69) is 12.2 Å². The van der Waals surface area contributed by atoms with Crippen molar-refractivity contribution >= 4 is 18.3 Å². The van der Waals surface area contributed by atoms with Crippen molar-refractivity contribution < 1.29 is 4.79 Å². The predicted octanol–water partition coefficient (Wildman–Crippen LogP) is 0.637. The Bertz CT molecular complexity index is 161. The molecule has 1 aliphatic heterocycles. The molecule has 0 unspecified atom stereocenters. The lowest BCUT2D eigenvalue weighted by atomic mass is 10.2.